The average molecular weight is 458 g/mol. The fourth-order valence-electron chi connectivity index (χ4n) is 2.34. The van der Waals surface area contributed by atoms with E-state index in [0.717, 1.165) is 10.0 Å². The van der Waals surface area contributed by atoms with Crippen LogP contribution in [0.5, 0.6) is 0 Å². The number of allylic oxidation sites excluding steroid dienone is 1. The molecular weight excluding hydrogens is 434 g/mol. The van der Waals surface area contributed by atoms with Crippen LogP contribution in [-0.4, -0.2) is 33.5 Å². The summed E-state index contributed by atoms with van der Waals surface area (Å²) in [5.74, 6) is 1.65. The van der Waals surface area contributed by atoms with Crippen LogP contribution in [0.15, 0.2) is 71.0 Å². The first-order chi connectivity index (χ1) is 12.6. The molecule has 1 atom stereocenters. The third-order valence-electron chi connectivity index (χ3n) is 3.45. The molecule has 0 aliphatic carbocycles. The molecule has 0 aliphatic heterocycles. The minimum absolute atomic E-state index is 0.0632. The Morgan fingerprint density at radius 1 is 1.04 bits per heavy atom. The summed E-state index contributed by atoms with van der Waals surface area (Å²) < 4.78 is 26.0. The molecule has 2 aromatic rings. The molecule has 0 spiro atoms. The molecule has 0 amide bonds. The minimum atomic E-state index is -3.30. The van der Waals surface area contributed by atoms with Gasteiger partial charge in [-0.2, -0.15) is 0 Å². The van der Waals surface area contributed by atoms with Gasteiger partial charge in [0.1, 0.15) is 0 Å². The predicted molar refractivity (Wildman–Crippen MR) is 111 cm³/mol. The number of hydrogen-bond acceptors (Lipinski definition) is 3. The van der Waals surface area contributed by atoms with E-state index in [1.54, 1.807) is 5.82 Å². The van der Waals surface area contributed by atoms with Gasteiger partial charge in [0.15, 0.2) is 0 Å². The fraction of sp³-hybridized carbons (Fsp3) is 0.300. The van der Waals surface area contributed by atoms with Crippen molar-refractivity contribution in [3.63, 3.8) is 0 Å². The van der Waals surface area contributed by atoms with Gasteiger partial charge in [-0.1, -0.05) is 0 Å². The van der Waals surface area contributed by atoms with Crippen molar-refractivity contribution in [3.05, 3.63) is 76.5 Å². The van der Waals surface area contributed by atoms with E-state index in [4.69, 9.17) is 20.6 Å². The van der Waals surface area contributed by atoms with Crippen LogP contribution in [0.2, 0.25) is 0 Å². The first-order valence-electron chi connectivity index (χ1n) is 8.58. The van der Waals surface area contributed by atoms with E-state index in [1.807, 2.05) is 62.4 Å². The second kappa shape index (κ2) is 11.1. The summed E-state index contributed by atoms with van der Waals surface area (Å²) in [6, 6.07) is 20.2. The summed E-state index contributed by atoms with van der Waals surface area (Å²) in [5.41, 5.74) is 1.14. The molecule has 3 nitrogen and oxygen atoms in total. The molecule has 6 heteroatoms. The molecule has 0 bridgehead atoms. The Labute approximate surface area is 167 Å². The van der Waals surface area contributed by atoms with Gasteiger partial charge in [0.25, 0.3) is 0 Å². The molecular formula is C20H24ClO3PSe. The van der Waals surface area contributed by atoms with Gasteiger partial charge in [0, 0.05) is 0 Å². The fourth-order valence-corrected chi connectivity index (χ4v) is 7.17. The van der Waals surface area contributed by atoms with Crippen LogP contribution in [0.4, 0.5) is 0 Å². The Hall–Kier alpha value is -0.861. The Morgan fingerprint density at radius 2 is 1.58 bits per heavy atom. The molecule has 0 saturated carbocycles. The third kappa shape index (κ3) is 7.04. The standard InChI is InChI=1S/C20H24ClO3PSe/c1-3-23-25(22,24-4-2)16-20(26-18-13-9-6-10-14-18)19(21)15-17-11-7-5-8-12-17/h5-14,16,19H,3-4,15H2,1-2H3/b20-16-. The average Bonchev–Trinajstić information content (AvgIpc) is 2.63. The van der Waals surface area contributed by atoms with Gasteiger partial charge in [0.05, 0.1) is 0 Å². The zero-order chi connectivity index (χ0) is 18.8. The summed E-state index contributed by atoms with van der Waals surface area (Å²) >= 11 is 6.69. The Balaban J connectivity index is 2.30. The van der Waals surface area contributed by atoms with E-state index in [1.165, 1.54) is 4.46 Å². The molecule has 0 N–H and O–H groups in total. The molecule has 2 rings (SSSR count). The number of halogens is 1. The van der Waals surface area contributed by atoms with Crippen molar-refractivity contribution in [2.24, 2.45) is 0 Å². The number of alkyl halides is 1. The van der Waals surface area contributed by atoms with E-state index >= 15 is 0 Å². The van der Waals surface area contributed by atoms with Crippen molar-refractivity contribution in [1.29, 1.82) is 0 Å². The predicted octanol–water partition coefficient (Wildman–Crippen LogP) is 4.97. The Bertz CT molecular complexity index is 727. The summed E-state index contributed by atoms with van der Waals surface area (Å²) in [5, 5.41) is -0.271. The quantitative estimate of drug-likeness (QED) is 0.287. The zero-order valence-corrected chi connectivity index (χ0v) is 18.4. The van der Waals surface area contributed by atoms with Crippen molar-refractivity contribution in [2.75, 3.05) is 13.2 Å². The molecule has 26 heavy (non-hydrogen) atoms. The van der Waals surface area contributed by atoms with Gasteiger partial charge in [-0.3, -0.25) is 0 Å². The first kappa shape index (κ1) is 21.4. The number of hydrogen-bond donors (Lipinski definition) is 0. The molecule has 0 aliphatic rings. The SMILES string of the molecule is CCOP(=O)(/C=C(\[Se]c1ccccc1)C(Cl)Cc1ccccc1)OCC. The van der Waals surface area contributed by atoms with Crippen molar-refractivity contribution < 1.29 is 13.6 Å². The third-order valence-corrected chi connectivity index (χ3v) is 8.76. The van der Waals surface area contributed by atoms with Gasteiger partial charge in [-0.15, -0.1) is 0 Å². The molecule has 0 saturated heterocycles. The number of benzene rings is 2. The Kier molecular flexibility index (Phi) is 9.14. The summed E-state index contributed by atoms with van der Waals surface area (Å²) in [7, 11) is -3.30. The molecule has 1 unspecified atom stereocenters. The van der Waals surface area contributed by atoms with E-state index in [9.17, 15) is 4.57 Å². The zero-order valence-electron chi connectivity index (χ0n) is 15.0. The molecule has 0 fully saturated rings. The normalized spacial score (nSPS) is 13.6. The van der Waals surface area contributed by atoms with Crippen molar-refractivity contribution in [3.8, 4) is 0 Å². The molecule has 0 radical (unpaired) electrons. The van der Waals surface area contributed by atoms with E-state index < -0.39 is 7.60 Å². The van der Waals surface area contributed by atoms with E-state index in [2.05, 4.69) is 12.1 Å². The summed E-state index contributed by atoms with van der Waals surface area (Å²) in [6.07, 6.45) is 0.668. The Morgan fingerprint density at radius 3 is 2.12 bits per heavy atom. The molecule has 2 aromatic carbocycles. The molecule has 0 heterocycles. The summed E-state index contributed by atoms with van der Waals surface area (Å²) in [4.78, 5) is 0. The van der Waals surface area contributed by atoms with Crippen LogP contribution in [0, 0.1) is 0 Å². The van der Waals surface area contributed by atoms with Crippen LogP contribution < -0.4 is 4.46 Å². The van der Waals surface area contributed by atoms with Gasteiger partial charge in [0.2, 0.25) is 0 Å². The number of rotatable bonds is 10. The van der Waals surface area contributed by atoms with Crippen LogP contribution in [-0.2, 0) is 20.0 Å². The van der Waals surface area contributed by atoms with E-state index in [0.29, 0.717) is 19.6 Å². The van der Waals surface area contributed by atoms with Crippen molar-refractivity contribution in [2.45, 2.75) is 25.6 Å². The van der Waals surface area contributed by atoms with Crippen LogP contribution in [0.25, 0.3) is 0 Å². The maximum atomic E-state index is 13.0. The molecule has 0 aromatic heterocycles. The van der Waals surface area contributed by atoms with Crippen LogP contribution in [0.3, 0.4) is 0 Å². The van der Waals surface area contributed by atoms with Crippen LogP contribution >= 0.6 is 19.2 Å². The summed E-state index contributed by atoms with van der Waals surface area (Å²) in [6.45, 7) is 4.27. The van der Waals surface area contributed by atoms with E-state index in [-0.39, 0.29) is 20.3 Å². The van der Waals surface area contributed by atoms with Crippen LogP contribution in [0.1, 0.15) is 19.4 Å². The topological polar surface area (TPSA) is 35.5 Å². The first-order valence-corrected chi connectivity index (χ1v) is 12.3. The van der Waals surface area contributed by atoms with Gasteiger partial charge >= 0.3 is 168 Å². The maximum absolute atomic E-state index is 13.0. The van der Waals surface area contributed by atoms with Gasteiger partial charge < -0.3 is 0 Å². The molecule has 140 valence electrons. The second-order valence-corrected chi connectivity index (χ2v) is 10.3. The van der Waals surface area contributed by atoms with Gasteiger partial charge in [-0.05, 0) is 0 Å². The monoisotopic (exact) mass is 458 g/mol. The van der Waals surface area contributed by atoms with Gasteiger partial charge in [-0.25, -0.2) is 0 Å². The van der Waals surface area contributed by atoms with Crippen molar-refractivity contribution >= 4 is 38.6 Å². The van der Waals surface area contributed by atoms with Crippen molar-refractivity contribution in [1.82, 2.24) is 0 Å². The second-order valence-electron chi connectivity index (χ2n) is 5.48.